The molecule has 0 radical (unpaired) electrons. The number of nitrogens with zero attached hydrogens (tertiary/aromatic N) is 2. The van der Waals surface area contributed by atoms with Crippen molar-refractivity contribution >= 4 is 11.2 Å². The summed E-state index contributed by atoms with van der Waals surface area (Å²) in [6.45, 7) is 2.38. The third kappa shape index (κ3) is 2.29. The minimum Gasteiger partial charge on any atom is -0.381 e. The second kappa shape index (κ2) is 4.72. The van der Waals surface area contributed by atoms with Crippen molar-refractivity contribution in [3.63, 3.8) is 0 Å². The Bertz CT molecular complexity index is 718. The van der Waals surface area contributed by atoms with Crippen LogP contribution in [0.15, 0.2) is 48.8 Å². The molecule has 3 rings (SSSR count). The van der Waals surface area contributed by atoms with Gasteiger partial charge in [-0.3, -0.25) is 0 Å². The molecule has 0 spiro atoms. The molecule has 0 aliphatic carbocycles. The zero-order valence-electron chi connectivity index (χ0n) is 10.6. The maximum absolute atomic E-state index is 13.4. The highest BCUT2D eigenvalue weighted by Gasteiger charge is 2.04. The lowest BCUT2D eigenvalue weighted by Crippen LogP contribution is -1.99. The maximum atomic E-state index is 13.4. The summed E-state index contributed by atoms with van der Waals surface area (Å²) in [6.07, 6.45) is 3.73. The average Bonchev–Trinajstić information content (AvgIpc) is 2.83. The Hall–Kier alpha value is -2.36. The highest BCUT2D eigenvalue weighted by molar-refractivity contribution is 5.55. The lowest BCUT2D eigenvalue weighted by Gasteiger charge is -2.06. The summed E-state index contributed by atoms with van der Waals surface area (Å²) < 4.78 is 15.3. The number of rotatable bonds is 3. The van der Waals surface area contributed by atoms with Gasteiger partial charge in [-0.2, -0.15) is 5.10 Å². The van der Waals surface area contributed by atoms with Gasteiger partial charge in [0, 0.05) is 24.0 Å². The van der Waals surface area contributed by atoms with Crippen molar-refractivity contribution in [2.75, 3.05) is 5.32 Å². The quantitative estimate of drug-likeness (QED) is 0.777. The summed E-state index contributed by atoms with van der Waals surface area (Å²) in [5, 5.41) is 7.48. The number of aryl methyl sites for hydroxylation is 1. The first-order valence-electron chi connectivity index (χ1n) is 6.15. The third-order valence-electron chi connectivity index (χ3n) is 3.16. The van der Waals surface area contributed by atoms with Crippen molar-refractivity contribution < 1.29 is 4.39 Å². The van der Waals surface area contributed by atoms with Crippen LogP contribution in [0, 0.1) is 12.7 Å². The SMILES string of the molecule is Cc1ccc(NCc2cnn3ccccc23)cc1F. The molecular weight excluding hydrogens is 241 g/mol. The molecule has 0 saturated heterocycles. The summed E-state index contributed by atoms with van der Waals surface area (Å²) in [4.78, 5) is 0. The van der Waals surface area contributed by atoms with Crippen LogP contribution in [0.3, 0.4) is 0 Å². The number of pyridine rings is 1. The fraction of sp³-hybridized carbons (Fsp3) is 0.133. The summed E-state index contributed by atoms with van der Waals surface area (Å²) >= 11 is 0. The Labute approximate surface area is 110 Å². The predicted octanol–water partition coefficient (Wildman–Crippen LogP) is 3.39. The van der Waals surface area contributed by atoms with Crippen molar-refractivity contribution in [3.05, 3.63) is 65.7 Å². The second-order valence-electron chi connectivity index (χ2n) is 4.52. The van der Waals surface area contributed by atoms with Gasteiger partial charge >= 0.3 is 0 Å². The van der Waals surface area contributed by atoms with Crippen molar-refractivity contribution in [2.45, 2.75) is 13.5 Å². The van der Waals surface area contributed by atoms with Crippen molar-refractivity contribution in [1.29, 1.82) is 0 Å². The van der Waals surface area contributed by atoms with E-state index in [9.17, 15) is 4.39 Å². The summed E-state index contributed by atoms with van der Waals surface area (Å²) in [5.41, 5.74) is 3.57. The van der Waals surface area contributed by atoms with Crippen LogP contribution < -0.4 is 5.32 Å². The number of fused-ring (bicyclic) bond motifs is 1. The van der Waals surface area contributed by atoms with E-state index in [2.05, 4.69) is 10.4 Å². The molecule has 0 saturated carbocycles. The molecule has 0 amide bonds. The monoisotopic (exact) mass is 255 g/mol. The van der Waals surface area contributed by atoms with Gasteiger partial charge in [0.2, 0.25) is 0 Å². The molecule has 0 atom stereocenters. The molecule has 0 aliphatic heterocycles. The number of aromatic nitrogens is 2. The smallest absolute Gasteiger partial charge is 0.128 e. The molecule has 0 unspecified atom stereocenters. The van der Waals surface area contributed by atoms with E-state index in [0.29, 0.717) is 12.1 Å². The highest BCUT2D eigenvalue weighted by atomic mass is 19.1. The van der Waals surface area contributed by atoms with Crippen molar-refractivity contribution in [2.24, 2.45) is 0 Å². The topological polar surface area (TPSA) is 29.3 Å². The molecule has 2 heterocycles. The van der Waals surface area contributed by atoms with E-state index in [-0.39, 0.29) is 5.82 Å². The minimum absolute atomic E-state index is 0.190. The van der Waals surface area contributed by atoms with E-state index >= 15 is 0 Å². The molecular formula is C15H14FN3. The van der Waals surface area contributed by atoms with Crippen LogP contribution in [0.4, 0.5) is 10.1 Å². The molecule has 96 valence electrons. The average molecular weight is 255 g/mol. The van der Waals surface area contributed by atoms with E-state index in [0.717, 1.165) is 16.8 Å². The van der Waals surface area contributed by atoms with Crippen LogP contribution in [-0.2, 0) is 6.54 Å². The van der Waals surface area contributed by atoms with Crippen LogP contribution in [0.5, 0.6) is 0 Å². The predicted molar refractivity (Wildman–Crippen MR) is 73.7 cm³/mol. The molecule has 0 aliphatic rings. The van der Waals surface area contributed by atoms with Gasteiger partial charge in [-0.15, -0.1) is 0 Å². The van der Waals surface area contributed by atoms with E-state index in [1.165, 1.54) is 6.07 Å². The Morgan fingerprint density at radius 3 is 3.00 bits per heavy atom. The summed E-state index contributed by atoms with van der Waals surface area (Å²) in [5.74, 6) is -0.190. The number of benzene rings is 1. The molecule has 19 heavy (non-hydrogen) atoms. The Morgan fingerprint density at radius 2 is 2.16 bits per heavy atom. The molecule has 3 aromatic rings. The van der Waals surface area contributed by atoms with Crippen molar-refractivity contribution in [1.82, 2.24) is 9.61 Å². The van der Waals surface area contributed by atoms with Crippen LogP contribution in [-0.4, -0.2) is 9.61 Å². The van der Waals surface area contributed by atoms with E-state index in [4.69, 9.17) is 0 Å². The van der Waals surface area contributed by atoms with Crippen LogP contribution >= 0.6 is 0 Å². The number of halogens is 1. The van der Waals surface area contributed by atoms with E-state index in [1.54, 1.807) is 13.0 Å². The van der Waals surface area contributed by atoms with Gasteiger partial charge in [-0.25, -0.2) is 8.91 Å². The fourth-order valence-corrected chi connectivity index (χ4v) is 2.02. The van der Waals surface area contributed by atoms with Gasteiger partial charge in [0.1, 0.15) is 5.82 Å². The first kappa shape index (κ1) is 11.7. The standard InChI is InChI=1S/C15H14FN3/c1-11-5-6-13(8-14(11)16)17-9-12-10-18-19-7-3-2-4-15(12)19/h2-8,10,17H,9H2,1H3. The Kier molecular flexibility index (Phi) is 2.91. The lowest BCUT2D eigenvalue weighted by atomic mass is 10.2. The molecule has 3 nitrogen and oxygen atoms in total. The van der Waals surface area contributed by atoms with Gasteiger partial charge in [-0.05, 0) is 36.8 Å². The number of nitrogens with one attached hydrogen (secondary N) is 1. The van der Waals surface area contributed by atoms with Crippen LogP contribution in [0.1, 0.15) is 11.1 Å². The minimum atomic E-state index is -0.190. The number of anilines is 1. The summed E-state index contributed by atoms with van der Waals surface area (Å²) in [7, 11) is 0. The van der Waals surface area contributed by atoms with Crippen LogP contribution in [0.2, 0.25) is 0 Å². The number of hydrogen-bond acceptors (Lipinski definition) is 2. The number of hydrogen-bond donors (Lipinski definition) is 1. The molecule has 4 heteroatoms. The molecule has 0 bridgehead atoms. The molecule has 2 aromatic heterocycles. The second-order valence-corrected chi connectivity index (χ2v) is 4.52. The van der Waals surface area contributed by atoms with E-state index in [1.807, 2.05) is 41.2 Å². The van der Waals surface area contributed by atoms with Gasteiger partial charge < -0.3 is 5.32 Å². The highest BCUT2D eigenvalue weighted by Crippen LogP contribution is 2.16. The summed E-state index contributed by atoms with van der Waals surface area (Å²) in [6, 6.07) is 11.1. The Balaban J connectivity index is 1.80. The first-order chi connectivity index (χ1) is 9.24. The molecule has 0 fully saturated rings. The maximum Gasteiger partial charge on any atom is 0.128 e. The van der Waals surface area contributed by atoms with Gasteiger partial charge in [-0.1, -0.05) is 12.1 Å². The van der Waals surface area contributed by atoms with Crippen LogP contribution in [0.25, 0.3) is 5.52 Å². The van der Waals surface area contributed by atoms with Gasteiger partial charge in [0.25, 0.3) is 0 Å². The van der Waals surface area contributed by atoms with Gasteiger partial charge in [0.15, 0.2) is 0 Å². The normalized spacial score (nSPS) is 10.8. The van der Waals surface area contributed by atoms with E-state index < -0.39 is 0 Å². The molecule has 1 N–H and O–H groups in total. The zero-order valence-corrected chi connectivity index (χ0v) is 10.6. The fourth-order valence-electron chi connectivity index (χ4n) is 2.02. The largest absolute Gasteiger partial charge is 0.381 e. The molecule has 1 aromatic carbocycles. The first-order valence-corrected chi connectivity index (χ1v) is 6.15. The zero-order chi connectivity index (χ0) is 13.2. The Morgan fingerprint density at radius 1 is 1.26 bits per heavy atom. The van der Waals surface area contributed by atoms with Gasteiger partial charge in [0.05, 0.1) is 11.7 Å². The third-order valence-corrected chi connectivity index (χ3v) is 3.16. The lowest BCUT2D eigenvalue weighted by molar-refractivity contribution is 0.619. The van der Waals surface area contributed by atoms with Crippen molar-refractivity contribution in [3.8, 4) is 0 Å².